The van der Waals surface area contributed by atoms with Gasteiger partial charge in [0, 0.05) is 17.0 Å². The zero-order valence-electron chi connectivity index (χ0n) is 11.3. The second-order valence-corrected chi connectivity index (χ2v) is 5.19. The van der Waals surface area contributed by atoms with Crippen molar-refractivity contribution >= 4 is 23.0 Å². The Labute approximate surface area is 122 Å². The first-order chi connectivity index (χ1) is 9.70. The maximum absolute atomic E-state index is 11.9. The molecule has 5 heteroatoms. The number of rotatable bonds is 6. The van der Waals surface area contributed by atoms with Crippen LogP contribution in [0.3, 0.4) is 0 Å². The Morgan fingerprint density at radius 2 is 2.20 bits per heavy atom. The van der Waals surface area contributed by atoms with E-state index in [9.17, 15) is 4.79 Å². The first-order valence-corrected chi connectivity index (χ1v) is 7.30. The Morgan fingerprint density at radius 3 is 2.90 bits per heavy atom. The molecule has 0 unspecified atom stereocenters. The van der Waals surface area contributed by atoms with Gasteiger partial charge in [-0.25, -0.2) is 4.79 Å². The molecule has 0 radical (unpaired) electrons. The lowest BCUT2D eigenvalue weighted by Gasteiger charge is -2.11. The number of thiophene rings is 1. The van der Waals surface area contributed by atoms with E-state index in [2.05, 4.69) is 6.07 Å². The Bertz CT molecular complexity index is 567. The van der Waals surface area contributed by atoms with Crippen LogP contribution in [0.2, 0.25) is 0 Å². The van der Waals surface area contributed by atoms with Crippen molar-refractivity contribution in [2.75, 3.05) is 18.9 Å². The SMILES string of the molecule is CCOC(=O)c1cc(N)ccc1OCCc1cccs1. The maximum Gasteiger partial charge on any atom is 0.341 e. The minimum Gasteiger partial charge on any atom is -0.492 e. The standard InChI is InChI=1S/C15H17NO3S/c1-2-18-15(17)13-10-11(16)5-6-14(13)19-8-7-12-4-3-9-20-12/h3-6,9-10H,2,7-8,16H2,1H3. The largest absolute Gasteiger partial charge is 0.492 e. The zero-order valence-corrected chi connectivity index (χ0v) is 12.1. The molecule has 0 aliphatic carbocycles. The minimum absolute atomic E-state index is 0.322. The summed E-state index contributed by atoms with van der Waals surface area (Å²) in [5, 5.41) is 2.03. The number of hydrogen-bond donors (Lipinski definition) is 1. The Kier molecular flexibility index (Phi) is 5.01. The summed E-state index contributed by atoms with van der Waals surface area (Å²) in [5.74, 6) is 0.0973. The van der Waals surface area contributed by atoms with Crippen molar-refractivity contribution in [1.82, 2.24) is 0 Å². The molecule has 1 aromatic heterocycles. The van der Waals surface area contributed by atoms with Crippen LogP contribution in [-0.4, -0.2) is 19.2 Å². The summed E-state index contributed by atoms with van der Waals surface area (Å²) in [6.07, 6.45) is 0.810. The van der Waals surface area contributed by atoms with E-state index < -0.39 is 5.97 Å². The highest BCUT2D eigenvalue weighted by Crippen LogP contribution is 2.23. The summed E-state index contributed by atoms with van der Waals surface area (Å²) in [6, 6.07) is 9.06. The topological polar surface area (TPSA) is 61.5 Å². The molecule has 106 valence electrons. The van der Waals surface area contributed by atoms with Crippen molar-refractivity contribution in [2.45, 2.75) is 13.3 Å². The van der Waals surface area contributed by atoms with E-state index in [1.807, 2.05) is 11.4 Å². The monoisotopic (exact) mass is 291 g/mol. The number of benzene rings is 1. The molecular weight excluding hydrogens is 274 g/mol. The third-order valence-electron chi connectivity index (χ3n) is 2.69. The van der Waals surface area contributed by atoms with Gasteiger partial charge in [0.1, 0.15) is 11.3 Å². The van der Waals surface area contributed by atoms with Gasteiger partial charge in [0.2, 0.25) is 0 Å². The van der Waals surface area contributed by atoms with Gasteiger partial charge >= 0.3 is 5.97 Å². The van der Waals surface area contributed by atoms with Gasteiger partial charge in [-0.2, -0.15) is 0 Å². The van der Waals surface area contributed by atoms with E-state index in [0.29, 0.717) is 30.2 Å². The molecule has 1 heterocycles. The van der Waals surface area contributed by atoms with E-state index in [-0.39, 0.29) is 0 Å². The quantitative estimate of drug-likeness (QED) is 0.656. The van der Waals surface area contributed by atoms with Gasteiger partial charge in [-0.05, 0) is 36.6 Å². The minimum atomic E-state index is -0.411. The number of hydrogen-bond acceptors (Lipinski definition) is 5. The highest BCUT2D eigenvalue weighted by molar-refractivity contribution is 7.09. The van der Waals surface area contributed by atoms with Crippen molar-refractivity contribution in [3.63, 3.8) is 0 Å². The van der Waals surface area contributed by atoms with Crippen molar-refractivity contribution in [2.24, 2.45) is 0 Å². The lowest BCUT2D eigenvalue weighted by atomic mass is 10.2. The lowest BCUT2D eigenvalue weighted by molar-refractivity contribution is 0.0522. The summed E-state index contributed by atoms with van der Waals surface area (Å²) in [4.78, 5) is 13.1. The summed E-state index contributed by atoms with van der Waals surface area (Å²) < 4.78 is 10.7. The normalized spacial score (nSPS) is 10.2. The van der Waals surface area contributed by atoms with Crippen molar-refractivity contribution in [1.29, 1.82) is 0 Å². The number of carbonyl (C=O) groups is 1. The zero-order chi connectivity index (χ0) is 14.4. The Balaban J connectivity index is 2.04. The van der Waals surface area contributed by atoms with Crippen LogP contribution in [-0.2, 0) is 11.2 Å². The van der Waals surface area contributed by atoms with Gasteiger partial charge < -0.3 is 15.2 Å². The highest BCUT2D eigenvalue weighted by atomic mass is 32.1. The molecule has 0 atom stereocenters. The number of ether oxygens (including phenoxy) is 2. The van der Waals surface area contributed by atoms with Crippen LogP contribution in [0.15, 0.2) is 35.7 Å². The van der Waals surface area contributed by atoms with E-state index in [1.165, 1.54) is 4.88 Å². The Morgan fingerprint density at radius 1 is 1.35 bits per heavy atom. The summed E-state index contributed by atoms with van der Waals surface area (Å²) in [6.45, 7) is 2.60. The second-order valence-electron chi connectivity index (χ2n) is 4.15. The van der Waals surface area contributed by atoms with E-state index in [1.54, 1.807) is 36.5 Å². The molecule has 4 nitrogen and oxygen atoms in total. The number of nitrogen functional groups attached to an aromatic ring is 1. The molecule has 0 saturated carbocycles. The van der Waals surface area contributed by atoms with E-state index in [0.717, 1.165) is 6.42 Å². The molecule has 0 fully saturated rings. The van der Waals surface area contributed by atoms with Gasteiger partial charge in [-0.3, -0.25) is 0 Å². The second kappa shape index (κ2) is 6.96. The smallest absolute Gasteiger partial charge is 0.341 e. The van der Waals surface area contributed by atoms with Crippen LogP contribution in [0.1, 0.15) is 22.2 Å². The number of anilines is 1. The fourth-order valence-corrected chi connectivity index (χ4v) is 2.45. The van der Waals surface area contributed by atoms with Crippen LogP contribution >= 0.6 is 11.3 Å². The molecule has 0 spiro atoms. The van der Waals surface area contributed by atoms with Crippen molar-refractivity contribution in [3.8, 4) is 5.75 Å². The molecule has 0 saturated heterocycles. The highest BCUT2D eigenvalue weighted by Gasteiger charge is 2.14. The number of nitrogens with two attached hydrogens (primary N) is 1. The Hall–Kier alpha value is -2.01. The summed E-state index contributed by atoms with van der Waals surface area (Å²) in [5.41, 5.74) is 6.59. The molecule has 2 N–H and O–H groups in total. The third-order valence-corrected chi connectivity index (χ3v) is 3.62. The molecule has 2 aromatic rings. The molecule has 0 aliphatic heterocycles. The predicted octanol–water partition coefficient (Wildman–Crippen LogP) is 3.13. The average Bonchev–Trinajstić information content (AvgIpc) is 2.94. The van der Waals surface area contributed by atoms with Gasteiger partial charge in [0.05, 0.1) is 13.2 Å². The van der Waals surface area contributed by atoms with Crippen LogP contribution < -0.4 is 10.5 Å². The molecule has 0 aliphatic rings. The van der Waals surface area contributed by atoms with Crippen LogP contribution in [0.25, 0.3) is 0 Å². The van der Waals surface area contributed by atoms with E-state index in [4.69, 9.17) is 15.2 Å². The molecule has 2 rings (SSSR count). The van der Waals surface area contributed by atoms with Gasteiger partial charge in [0.15, 0.2) is 0 Å². The maximum atomic E-state index is 11.9. The molecule has 20 heavy (non-hydrogen) atoms. The van der Waals surface area contributed by atoms with Crippen molar-refractivity contribution < 1.29 is 14.3 Å². The number of esters is 1. The fraction of sp³-hybridized carbons (Fsp3) is 0.267. The number of carbonyl (C=O) groups excluding carboxylic acids is 1. The molecule has 1 aromatic carbocycles. The third kappa shape index (κ3) is 3.74. The lowest BCUT2D eigenvalue weighted by Crippen LogP contribution is -2.10. The molecular formula is C15H17NO3S. The average molecular weight is 291 g/mol. The van der Waals surface area contributed by atoms with Crippen LogP contribution in [0.5, 0.6) is 5.75 Å². The molecule has 0 bridgehead atoms. The molecule has 0 amide bonds. The van der Waals surface area contributed by atoms with Gasteiger partial charge in [0.25, 0.3) is 0 Å². The predicted molar refractivity (Wildman–Crippen MR) is 80.3 cm³/mol. The van der Waals surface area contributed by atoms with Crippen LogP contribution in [0, 0.1) is 0 Å². The fourth-order valence-electron chi connectivity index (χ4n) is 1.76. The van der Waals surface area contributed by atoms with Crippen molar-refractivity contribution in [3.05, 3.63) is 46.2 Å². The summed E-state index contributed by atoms with van der Waals surface area (Å²) in [7, 11) is 0. The van der Waals surface area contributed by atoms with Crippen LogP contribution in [0.4, 0.5) is 5.69 Å². The van der Waals surface area contributed by atoms with E-state index >= 15 is 0 Å². The summed E-state index contributed by atoms with van der Waals surface area (Å²) >= 11 is 1.69. The first-order valence-electron chi connectivity index (χ1n) is 6.42. The van der Waals surface area contributed by atoms with Gasteiger partial charge in [-0.15, -0.1) is 11.3 Å². The van der Waals surface area contributed by atoms with Gasteiger partial charge in [-0.1, -0.05) is 6.07 Å². The first kappa shape index (κ1) is 14.4.